The van der Waals surface area contributed by atoms with E-state index in [1.165, 1.54) is 67.1 Å². The van der Waals surface area contributed by atoms with Crippen LogP contribution in [0.25, 0.3) is 10.9 Å². The lowest BCUT2D eigenvalue weighted by Crippen LogP contribution is -2.57. The standard InChI is InChI=1S/C33H46ClNO/c1-19(2)7-6-8-20(3)25-10-11-26-23-16-31(36)28-17-30-24(22-15-21(34)9-12-29(22)35-30)18-33(28,5)27(23)13-14-32(25,26)4/h9,12,15,19-20,23,25-28,35H,6-8,10-11,13-14,16-18H2,1-5H3/t20-,23+,25-,26+,27+,28-,32-,33-/m1/s1. The smallest absolute Gasteiger partial charge is 0.137 e. The largest absolute Gasteiger partial charge is 0.358 e. The molecule has 1 aromatic carbocycles. The van der Waals surface area contributed by atoms with Gasteiger partial charge >= 0.3 is 0 Å². The fourth-order valence-electron chi connectivity index (χ4n) is 10.3. The number of ketones is 1. The number of fused-ring (bicyclic) bond motifs is 8. The number of nitrogens with one attached hydrogen (secondary N) is 1. The number of Topliss-reactive ketones (excluding diaryl/α,β-unsaturated/α-hetero) is 1. The molecule has 6 rings (SSSR count). The van der Waals surface area contributed by atoms with E-state index < -0.39 is 0 Å². The number of hydrogen-bond donors (Lipinski definition) is 1. The number of benzene rings is 1. The summed E-state index contributed by atoms with van der Waals surface area (Å²) in [5, 5.41) is 2.09. The molecule has 0 saturated heterocycles. The van der Waals surface area contributed by atoms with Gasteiger partial charge in [-0.2, -0.15) is 0 Å². The van der Waals surface area contributed by atoms with E-state index in [0.29, 0.717) is 23.0 Å². The minimum Gasteiger partial charge on any atom is -0.358 e. The Bertz CT molecular complexity index is 1160. The summed E-state index contributed by atoms with van der Waals surface area (Å²) in [5.41, 5.74) is 4.41. The summed E-state index contributed by atoms with van der Waals surface area (Å²) >= 11 is 6.42. The van der Waals surface area contributed by atoms with Gasteiger partial charge in [0.25, 0.3) is 0 Å². The van der Waals surface area contributed by atoms with Crippen LogP contribution in [-0.2, 0) is 17.6 Å². The number of aromatic amines is 1. The molecular weight excluding hydrogens is 462 g/mol. The number of H-pyrrole nitrogens is 1. The lowest BCUT2D eigenvalue weighted by atomic mass is 9.44. The van der Waals surface area contributed by atoms with Gasteiger partial charge in [0, 0.05) is 34.0 Å². The first-order chi connectivity index (χ1) is 17.1. The molecule has 1 heterocycles. The quantitative estimate of drug-likeness (QED) is 0.430. The van der Waals surface area contributed by atoms with E-state index in [4.69, 9.17) is 11.6 Å². The Labute approximate surface area is 223 Å². The van der Waals surface area contributed by atoms with Crippen molar-refractivity contribution in [3.05, 3.63) is 34.5 Å². The third-order valence-corrected chi connectivity index (χ3v) is 12.3. The average Bonchev–Trinajstić information content (AvgIpc) is 3.34. The van der Waals surface area contributed by atoms with Gasteiger partial charge in [0.2, 0.25) is 0 Å². The van der Waals surface area contributed by atoms with Gasteiger partial charge in [0.05, 0.1) is 0 Å². The maximum Gasteiger partial charge on any atom is 0.137 e. The molecule has 3 heteroatoms. The Balaban J connectivity index is 1.28. The number of carbonyl (C=O) groups excluding carboxylic acids is 1. The van der Waals surface area contributed by atoms with Crippen molar-refractivity contribution < 1.29 is 4.79 Å². The molecule has 4 aliphatic carbocycles. The first kappa shape index (κ1) is 25.0. The van der Waals surface area contributed by atoms with E-state index in [0.717, 1.165) is 48.0 Å². The third kappa shape index (κ3) is 3.75. The van der Waals surface area contributed by atoms with Crippen molar-refractivity contribution in [1.29, 1.82) is 0 Å². The molecule has 3 fully saturated rings. The molecule has 2 aromatic rings. The molecule has 1 N–H and O–H groups in total. The Hall–Kier alpha value is -1.28. The fourth-order valence-corrected chi connectivity index (χ4v) is 10.4. The van der Waals surface area contributed by atoms with Crippen molar-refractivity contribution in [2.75, 3.05) is 0 Å². The highest BCUT2D eigenvalue weighted by molar-refractivity contribution is 6.31. The lowest BCUT2D eigenvalue weighted by molar-refractivity contribution is -0.150. The SMILES string of the molecule is CC(C)CCC[C@@H](C)[C@H]1CC[C@H]2[C@@H]3CC(=O)[C@H]4Cc5[nH]c6ccc(Cl)cc6c5C[C@]4(C)[C@H]3CC[C@]12C. The summed E-state index contributed by atoms with van der Waals surface area (Å²) in [4.78, 5) is 17.5. The lowest BCUT2D eigenvalue weighted by Gasteiger charge is -2.60. The van der Waals surface area contributed by atoms with E-state index in [1.54, 1.807) is 0 Å². The van der Waals surface area contributed by atoms with Crippen LogP contribution < -0.4 is 0 Å². The Morgan fingerprint density at radius 1 is 1.03 bits per heavy atom. The maximum absolute atomic E-state index is 13.8. The second-order valence-corrected chi connectivity index (χ2v) is 14.7. The zero-order chi connectivity index (χ0) is 25.4. The number of hydrogen-bond acceptors (Lipinski definition) is 1. The van der Waals surface area contributed by atoms with Crippen molar-refractivity contribution in [3.8, 4) is 0 Å². The van der Waals surface area contributed by atoms with Crippen molar-refractivity contribution in [3.63, 3.8) is 0 Å². The Morgan fingerprint density at radius 3 is 2.58 bits per heavy atom. The molecule has 4 aliphatic rings. The van der Waals surface area contributed by atoms with Gasteiger partial charge in [-0.05, 0) is 109 Å². The van der Waals surface area contributed by atoms with E-state index in [9.17, 15) is 4.79 Å². The van der Waals surface area contributed by atoms with Crippen molar-refractivity contribution in [2.24, 2.45) is 52.3 Å². The molecule has 1 aromatic heterocycles. The van der Waals surface area contributed by atoms with Crippen LogP contribution in [0.2, 0.25) is 5.02 Å². The van der Waals surface area contributed by atoms with Crippen LogP contribution in [0.3, 0.4) is 0 Å². The normalized spacial score (nSPS) is 38.5. The highest BCUT2D eigenvalue weighted by atomic mass is 35.5. The Kier molecular flexibility index (Phi) is 6.18. The molecule has 8 atom stereocenters. The molecular formula is C33H46ClNO. The predicted octanol–water partition coefficient (Wildman–Crippen LogP) is 9.04. The van der Waals surface area contributed by atoms with Gasteiger partial charge < -0.3 is 4.98 Å². The zero-order valence-electron chi connectivity index (χ0n) is 23.1. The van der Waals surface area contributed by atoms with Crippen LogP contribution in [0.1, 0.15) is 97.2 Å². The van der Waals surface area contributed by atoms with Crippen LogP contribution in [0.15, 0.2) is 18.2 Å². The monoisotopic (exact) mass is 507 g/mol. The van der Waals surface area contributed by atoms with E-state index in [1.807, 2.05) is 6.07 Å². The first-order valence-corrected chi connectivity index (χ1v) is 15.3. The second-order valence-electron chi connectivity index (χ2n) is 14.3. The number of rotatable bonds is 5. The molecule has 0 aliphatic heterocycles. The summed E-state index contributed by atoms with van der Waals surface area (Å²) in [6, 6.07) is 6.22. The van der Waals surface area contributed by atoms with E-state index in [-0.39, 0.29) is 11.3 Å². The molecule has 2 nitrogen and oxygen atoms in total. The van der Waals surface area contributed by atoms with Crippen molar-refractivity contribution >= 4 is 28.3 Å². The average molecular weight is 508 g/mol. The zero-order valence-corrected chi connectivity index (χ0v) is 23.9. The van der Waals surface area contributed by atoms with E-state index in [2.05, 4.69) is 51.7 Å². The summed E-state index contributed by atoms with van der Waals surface area (Å²) in [5.74, 6) is 5.17. The number of aromatic nitrogens is 1. The summed E-state index contributed by atoms with van der Waals surface area (Å²) in [6.07, 6.45) is 12.3. The molecule has 196 valence electrons. The van der Waals surface area contributed by atoms with Crippen LogP contribution in [0.5, 0.6) is 0 Å². The topological polar surface area (TPSA) is 32.9 Å². The van der Waals surface area contributed by atoms with Crippen LogP contribution in [-0.4, -0.2) is 10.8 Å². The van der Waals surface area contributed by atoms with Crippen LogP contribution in [0, 0.1) is 52.3 Å². The minimum atomic E-state index is 0.0761. The first-order valence-electron chi connectivity index (χ1n) is 14.9. The molecule has 0 amide bonds. The molecule has 0 spiro atoms. The molecule has 3 saturated carbocycles. The van der Waals surface area contributed by atoms with Crippen molar-refractivity contribution in [2.45, 2.75) is 98.8 Å². The second kappa shape index (κ2) is 8.89. The number of carbonyl (C=O) groups is 1. The molecule has 0 unspecified atom stereocenters. The molecule has 0 bridgehead atoms. The summed E-state index contributed by atoms with van der Waals surface area (Å²) < 4.78 is 0. The van der Waals surface area contributed by atoms with Crippen LogP contribution >= 0.6 is 11.6 Å². The minimum absolute atomic E-state index is 0.0761. The fraction of sp³-hybridized carbons (Fsp3) is 0.727. The van der Waals surface area contributed by atoms with Gasteiger partial charge in [-0.3, -0.25) is 4.79 Å². The van der Waals surface area contributed by atoms with Gasteiger partial charge in [-0.15, -0.1) is 0 Å². The molecule has 0 radical (unpaired) electrons. The highest BCUT2D eigenvalue weighted by Gasteiger charge is 2.62. The summed E-state index contributed by atoms with van der Waals surface area (Å²) in [6.45, 7) is 12.4. The van der Waals surface area contributed by atoms with Gasteiger partial charge in [0.1, 0.15) is 5.78 Å². The summed E-state index contributed by atoms with van der Waals surface area (Å²) in [7, 11) is 0. The molecule has 36 heavy (non-hydrogen) atoms. The third-order valence-electron chi connectivity index (χ3n) is 12.0. The van der Waals surface area contributed by atoms with Gasteiger partial charge in [-0.1, -0.05) is 65.5 Å². The van der Waals surface area contributed by atoms with E-state index >= 15 is 0 Å². The predicted molar refractivity (Wildman–Crippen MR) is 150 cm³/mol. The highest BCUT2D eigenvalue weighted by Crippen LogP contribution is 2.67. The number of halogens is 1. The van der Waals surface area contributed by atoms with Crippen LogP contribution in [0.4, 0.5) is 0 Å². The van der Waals surface area contributed by atoms with Crippen molar-refractivity contribution in [1.82, 2.24) is 4.98 Å². The Morgan fingerprint density at radius 2 is 1.81 bits per heavy atom. The van der Waals surface area contributed by atoms with Gasteiger partial charge in [0.15, 0.2) is 0 Å². The van der Waals surface area contributed by atoms with Gasteiger partial charge in [-0.25, -0.2) is 0 Å². The maximum atomic E-state index is 13.8.